The Morgan fingerprint density at radius 3 is 2.69 bits per heavy atom. The number of hydrogen-bond acceptors (Lipinski definition) is 2. The third kappa shape index (κ3) is 2.01. The maximum Gasteiger partial charge on any atom is 0.252 e. The summed E-state index contributed by atoms with van der Waals surface area (Å²) >= 11 is 0. The molecular weight excluding hydrogens is 207 g/mol. The number of nitrogens with two attached hydrogens (primary N) is 1. The molecule has 0 aromatic heterocycles. The first-order chi connectivity index (χ1) is 7.41. The lowest BCUT2D eigenvalue weighted by molar-refractivity contribution is 0.0935. The Labute approximate surface area is 93.8 Å². The van der Waals surface area contributed by atoms with Crippen LogP contribution in [0.25, 0.3) is 0 Å². The zero-order valence-corrected chi connectivity index (χ0v) is 9.43. The number of rotatable bonds is 2. The van der Waals surface area contributed by atoms with Gasteiger partial charge in [0.2, 0.25) is 0 Å². The van der Waals surface area contributed by atoms with Gasteiger partial charge in [-0.05, 0) is 44.4 Å². The monoisotopic (exact) mass is 222 g/mol. The van der Waals surface area contributed by atoms with E-state index < -0.39 is 5.82 Å². The van der Waals surface area contributed by atoms with Crippen LogP contribution < -0.4 is 11.1 Å². The summed E-state index contributed by atoms with van der Waals surface area (Å²) in [6, 6.07) is 2.69. The van der Waals surface area contributed by atoms with E-state index in [1.165, 1.54) is 12.1 Å². The largest absolute Gasteiger partial charge is 0.396 e. The molecule has 0 bridgehead atoms. The Balaban J connectivity index is 2.26. The van der Waals surface area contributed by atoms with Crippen LogP contribution in [0.3, 0.4) is 0 Å². The van der Waals surface area contributed by atoms with Gasteiger partial charge in [-0.15, -0.1) is 0 Å². The third-order valence-corrected chi connectivity index (χ3v) is 3.00. The van der Waals surface area contributed by atoms with E-state index in [0.717, 1.165) is 12.8 Å². The molecule has 3 N–H and O–H groups in total. The Hall–Kier alpha value is -1.58. The van der Waals surface area contributed by atoms with Gasteiger partial charge in [-0.2, -0.15) is 0 Å². The van der Waals surface area contributed by atoms with Gasteiger partial charge in [0.1, 0.15) is 5.82 Å². The number of nitrogen functional groups attached to an aromatic ring is 1. The zero-order valence-electron chi connectivity index (χ0n) is 9.43. The highest BCUT2D eigenvalue weighted by Gasteiger charge is 2.39. The lowest BCUT2D eigenvalue weighted by Gasteiger charge is -2.13. The Morgan fingerprint density at radius 2 is 2.12 bits per heavy atom. The topological polar surface area (TPSA) is 55.1 Å². The molecule has 0 unspecified atom stereocenters. The predicted octanol–water partition coefficient (Wildman–Crippen LogP) is 2.00. The fraction of sp³-hybridized carbons (Fsp3) is 0.417. The molecule has 4 heteroatoms. The summed E-state index contributed by atoms with van der Waals surface area (Å²) in [5.41, 5.74) is 6.44. The van der Waals surface area contributed by atoms with Crippen LogP contribution in [0.2, 0.25) is 0 Å². The van der Waals surface area contributed by atoms with Crippen LogP contribution in [0.5, 0.6) is 0 Å². The minimum absolute atomic E-state index is 0.0108. The molecule has 1 saturated carbocycles. The second-order valence-corrected chi connectivity index (χ2v) is 4.70. The van der Waals surface area contributed by atoms with Crippen molar-refractivity contribution in [3.05, 3.63) is 29.1 Å². The Kier molecular flexibility index (Phi) is 2.37. The summed E-state index contributed by atoms with van der Waals surface area (Å²) in [4.78, 5) is 11.9. The molecule has 0 spiro atoms. The first-order valence-electron chi connectivity index (χ1n) is 5.29. The normalized spacial score (nSPS) is 16.9. The Morgan fingerprint density at radius 1 is 1.50 bits per heavy atom. The number of carbonyl (C=O) groups is 1. The molecule has 1 aromatic rings. The SMILES string of the molecule is Cc1cc(F)c(N)cc1C(=O)NC1(C)CC1. The van der Waals surface area contributed by atoms with Crippen LogP contribution in [-0.4, -0.2) is 11.4 Å². The van der Waals surface area contributed by atoms with Crippen molar-refractivity contribution in [3.8, 4) is 0 Å². The number of hydrogen-bond donors (Lipinski definition) is 2. The van der Waals surface area contributed by atoms with Gasteiger partial charge in [-0.3, -0.25) is 4.79 Å². The molecule has 1 fully saturated rings. The van der Waals surface area contributed by atoms with Crippen molar-refractivity contribution >= 4 is 11.6 Å². The van der Waals surface area contributed by atoms with Gasteiger partial charge in [0.05, 0.1) is 5.69 Å². The minimum atomic E-state index is -0.480. The molecule has 0 heterocycles. The summed E-state index contributed by atoms with van der Waals surface area (Å²) in [6.07, 6.45) is 1.99. The summed E-state index contributed by atoms with van der Waals surface area (Å²) in [5.74, 6) is -0.657. The van der Waals surface area contributed by atoms with E-state index in [-0.39, 0.29) is 17.1 Å². The molecule has 3 nitrogen and oxygen atoms in total. The summed E-state index contributed by atoms with van der Waals surface area (Å²) in [7, 11) is 0. The first-order valence-corrected chi connectivity index (χ1v) is 5.29. The molecule has 1 aromatic carbocycles. The van der Waals surface area contributed by atoms with E-state index in [1.807, 2.05) is 6.92 Å². The van der Waals surface area contributed by atoms with Gasteiger partial charge in [0, 0.05) is 11.1 Å². The number of anilines is 1. The van der Waals surface area contributed by atoms with Gasteiger partial charge < -0.3 is 11.1 Å². The van der Waals surface area contributed by atoms with Crippen LogP contribution in [0.15, 0.2) is 12.1 Å². The van der Waals surface area contributed by atoms with Crippen molar-refractivity contribution in [1.82, 2.24) is 5.32 Å². The van der Waals surface area contributed by atoms with Gasteiger partial charge >= 0.3 is 0 Å². The minimum Gasteiger partial charge on any atom is -0.396 e. The summed E-state index contributed by atoms with van der Waals surface area (Å²) in [5, 5.41) is 2.92. The molecule has 0 radical (unpaired) electrons. The van der Waals surface area contributed by atoms with E-state index in [4.69, 9.17) is 5.73 Å². The van der Waals surface area contributed by atoms with Gasteiger partial charge in [0.25, 0.3) is 5.91 Å². The van der Waals surface area contributed by atoms with Crippen LogP contribution >= 0.6 is 0 Å². The van der Waals surface area contributed by atoms with Crippen molar-refractivity contribution in [2.24, 2.45) is 0 Å². The second-order valence-electron chi connectivity index (χ2n) is 4.70. The second kappa shape index (κ2) is 3.47. The van der Waals surface area contributed by atoms with Crippen LogP contribution in [0, 0.1) is 12.7 Å². The molecule has 2 rings (SSSR count). The molecule has 0 saturated heterocycles. The van der Waals surface area contributed by atoms with E-state index in [0.29, 0.717) is 11.1 Å². The standard InChI is InChI=1S/C12H15FN2O/c1-7-5-9(13)10(14)6-8(7)11(16)15-12(2)3-4-12/h5-6H,3-4,14H2,1-2H3,(H,15,16). The lowest BCUT2D eigenvalue weighted by Crippen LogP contribution is -2.34. The van der Waals surface area contributed by atoms with Crippen LogP contribution in [0.4, 0.5) is 10.1 Å². The molecule has 1 aliphatic rings. The van der Waals surface area contributed by atoms with Crippen molar-refractivity contribution in [1.29, 1.82) is 0 Å². The zero-order chi connectivity index (χ0) is 11.9. The molecule has 1 amide bonds. The smallest absolute Gasteiger partial charge is 0.252 e. The molecule has 16 heavy (non-hydrogen) atoms. The number of aryl methyl sites for hydroxylation is 1. The van der Waals surface area contributed by atoms with E-state index in [1.54, 1.807) is 6.92 Å². The molecule has 86 valence electrons. The fourth-order valence-electron chi connectivity index (χ4n) is 1.59. The average Bonchev–Trinajstić information content (AvgIpc) is 2.89. The van der Waals surface area contributed by atoms with Crippen molar-refractivity contribution in [2.75, 3.05) is 5.73 Å². The average molecular weight is 222 g/mol. The van der Waals surface area contributed by atoms with Crippen molar-refractivity contribution in [3.63, 3.8) is 0 Å². The van der Waals surface area contributed by atoms with Crippen LogP contribution in [-0.2, 0) is 0 Å². The molecule has 1 aliphatic carbocycles. The predicted molar refractivity (Wildman–Crippen MR) is 60.7 cm³/mol. The van der Waals surface area contributed by atoms with Gasteiger partial charge in [-0.25, -0.2) is 4.39 Å². The number of carbonyl (C=O) groups excluding carboxylic acids is 1. The van der Waals surface area contributed by atoms with Gasteiger partial charge in [0.15, 0.2) is 0 Å². The van der Waals surface area contributed by atoms with Crippen molar-refractivity contribution < 1.29 is 9.18 Å². The molecular formula is C12H15FN2O. The maximum atomic E-state index is 13.1. The number of amides is 1. The molecule has 0 aliphatic heterocycles. The maximum absolute atomic E-state index is 13.1. The summed E-state index contributed by atoms with van der Waals surface area (Å²) in [6.45, 7) is 3.69. The molecule has 0 atom stereocenters. The van der Waals surface area contributed by atoms with E-state index in [2.05, 4.69) is 5.32 Å². The highest BCUT2D eigenvalue weighted by Crippen LogP contribution is 2.34. The van der Waals surface area contributed by atoms with Crippen molar-refractivity contribution in [2.45, 2.75) is 32.2 Å². The quantitative estimate of drug-likeness (QED) is 0.752. The van der Waals surface area contributed by atoms with Gasteiger partial charge in [-0.1, -0.05) is 0 Å². The summed E-state index contributed by atoms with van der Waals surface area (Å²) < 4.78 is 13.1. The fourth-order valence-corrected chi connectivity index (χ4v) is 1.59. The number of nitrogens with one attached hydrogen (secondary N) is 1. The van der Waals surface area contributed by atoms with E-state index >= 15 is 0 Å². The third-order valence-electron chi connectivity index (χ3n) is 3.00. The Bertz CT molecular complexity index is 453. The highest BCUT2D eigenvalue weighted by atomic mass is 19.1. The first kappa shape index (κ1) is 10.9. The van der Waals surface area contributed by atoms with E-state index in [9.17, 15) is 9.18 Å². The number of halogens is 1. The van der Waals surface area contributed by atoms with Crippen LogP contribution in [0.1, 0.15) is 35.7 Å². The lowest BCUT2D eigenvalue weighted by atomic mass is 10.1. The highest BCUT2D eigenvalue weighted by molar-refractivity contribution is 5.97. The number of benzene rings is 1.